The Kier molecular flexibility index (Phi) is 2.88. The first-order chi connectivity index (χ1) is 9.24. The number of hydrogen-bond acceptors (Lipinski definition) is 2. The van der Waals surface area contributed by atoms with Crippen LogP contribution in [-0.4, -0.2) is 10.9 Å². The average Bonchev–Trinajstić information content (AvgIpc) is 2.92. The van der Waals surface area contributed by atoms with Gasteiger partial charge >= 0.3 is 0 Å². The van der Waals surface area contributed by atoms with Crippen LogP contribution in [0.2, 0.25) is 0 Å². The topological polar surface area (TPSA) is 42.0 Å². The summed E-state index contributed by atoms with van der Waals surface area (Å²) in [5.41, 5.74) is 2.61. The number of aromatic nitrogens is 1. The molecule has 0 saturated heterocycles. The van der Waals surface area contributed by atoms with Gasteiger partial charge in [-0.1, -0.05) is 42.5 Å². The molecule has 3 heteroatoms. The molecule has 0 aliphatic heterocycles. The Balaban J connectivity index is 1.98. The summed E-state index contributed by atoms with van der Waals surface area (Å²) >= 11 is 0. The number of allylic oxidation sites excluding steroid dienone is 2. The van der Waals surface area contributed by atoms with Gasteiger partial charge in [-0.3, -0.25) is 9.78 Å². The van der Waals surface area contributed by atoms with Crippen LogP contribution in [-0.2, 0) is 4.79 Å². The average molecular weight is 250 g/mol. The Labute approximate surface area is 111 Å². The van der Waals surface area contributed by atoms with Crippen LogP contribution in [0.3, 0.4) is 0 Å². The molecule has 1 aliphatic rings. The number of nitrogens with zero attached hydrogens (tertiary/aromatic N) is 1. The number of hydrogen-bond donors (Lipinski definition) is 1. The Bertz CT molecular complexity index is 689. The molecular weight excluding hydrogens is 236 g/mol. The first-order valence-corrected chi connectivity index (χ1v) is 6.26. The van der Waals surface area contributed by atoms with Crippen molar-refractivity contribution in [2.45, 2.75) is 6.92 Å². The summed E-state index contributed by atoms with van der Waals surface area (Å²) in [5.74, 6) is -0.187. The molecule has 0 bridgehead atoms. The van der Waals surface area contributed by atoms with Crippen LogP contribution >= 0.6 is 0 Å². The van der Waals surface area contributed by atoms with Crippen molar-refractivity contribution in [3.63, 3.8) is 0 Å². The molecule has 2 aromatic rings. The van der Waals surface area contributed by atoms with Crippen LogP contribution in [0.1, 0.15) is 5.69 Å². The normalized spacial score (nSPS) is 14.2. The zero-order valence-corrected chi connectivity index (χ0v) is 10.6. The molecule has 1 amide bonds. The van der Waals surface area contributed by atoms with Crippen molar-refractivity contribution in [3.8, 4) is 0 Å². The van der Waals surface area contributed by atoms with Crippen molar-refractivity contribution in [1.29, 1.82) is 0 Å². The maximum atomic E-state index is 12.1. The lowest BCUT2D eigenvalue weighted by atomic mass is 10.1. The van der Waals surface area contributed by atoms with E-state index in [4.69, 9.17) is 0 Å². The molecule has 19 heavy (non-hydrogen) atoms. The van der Waals surface area contributed by atoms with Crippen molar-refractivity contribution < 1.29 is 4.79 Å². The molecule has 0 spiro atoms. The number of amides is 1. The predicted molar refractivity (Wildman–Crippen MR) is 76.9 cm³/mol. The Morgan fingerprint density at radius 3 is 2.74 bits per heavy atom. The minimum absolute atomic E-state index is 0.0132. The quantitative estimate of drug-likeness (QED) is 0.889. The number of rotatable bonds is 2. The van der Waals surface area contributed by atoms with E-state index in [1.54, 1.807) is 0 Å². The van der Waals surface area contributed by atoms with Crippen LogP contribution in [0.15, 0.2) is 54.6 Å². The zero-order chi connectivity index (χ0) is 13.2. The van der Waals surface area contributed by atoms with Crippen molar-refractivity contribution in [2.75, 3.05) is 5.32 Å². The fraction of sp³-hybridized carbons (Fsp3) is 0.125. The van der Waals surface area contributed by atoms with Gasteiger partial charge in [-0.05, 0) is 19.1 Å². The standard InChI is InChI=1S/C16H14N2O/c1-11-10-15(13-8-4-5-9-14(13)17-11)18-16(19)12-6-2-3-7-12/h2-10,12H,1H3,(H,17,18,19). The van der Waals surface area contributed by atoms with E-state index in [0.29, 0.717) is 0 Å². The van der Waals surface area contributed by atoms with Crippen LogP contribution in [0.4, 0.5) is 5.69 Å². The van der Waals surface area contributed by atoms with Crippen molar-refractivity contribution in [1.82, 2.24) is 4.98 Å². The predicted octanol–water partition coefficient (Wildman–Crippen LogP) is 3.22. The summed E-state index contributed by atoms with van der Waals surface area (Å²) in [7, 11) is 0. The number of para-hydroxylation sites is 1. The molecule has 1 aromatic heterocycles. The molecule has 3 rings (SSSR count). The maximum absolute atomic E-state index is 12.1. The number of fused-ring (bicyclic) bond motifs is 1. The van der Waals surface area contributed by atoms with Crippen LogP contribution in [0, 0.1) is 12.8 Å². The summed E-state index contributed by atoms with van der Waals surface area (Å²) < 4.78 is 0. The molecular formula is C16H14N2O. The molecule has 1 aliphatic carbocycles. The summed E-state index contributed by atoms with van der Waals surface area (Å²) in [6.07, 6.45) is 7.54. The first kappa shape index (κ1) is 11.7. The summed E-state index contributed by atoms with van der Waals surface area (Å²) in [6.45, 7) is 1.93. The minimum Gasteiger partial charge on any atom is -0.325 e. The molecule has 1 aromatic carbocycles. The minimum atomic E-state index is -0.174. The number of anilines is 1. The number of aryl methyl sites for hydroxylation is 1. The Morgan fingerprint density at radius 1 is 1.21 bits per heavy atom. The highest BCUT2D eigenvalue weighted by atomic mass is 16.1. The van der Waals surface area contributed by atoms with Gasteiger partial charge in [-0.25, -0.2) is 0 Å². The molecule has 0 atom stereocenters. The molecule has 3 nitrogen and oxygen atoms in total. The van der Waals surface area contributed by atoms with Gasteiger partial charge in [-0.2, -0.15) is 0 Å². The van der Waals surface area contributed by atoms with Crippen LogP contribution in [0.5, 0.6) is 0 Å². The van der Waals surface area contributed by atoms with Crippen LogP contribution in [0.25, 0.3) is 10.9 Å². The first-order valence-electron chi connectivity index (χ1n) is 6.26. The maximum Gasteiger partial charge on any atom is 0.235 e. The molecule has 0 fully saturated rings. The molecule has 1 N–H and O–H groups in total. The van der Waals surface area contributed by atoms with E-state index in [-0.39, 0.29) is 11.8 Å². The third-order valence-electron chi connectivity index (χ3n) is 3.15. The monoisotopic (exact) mass is 250 g/mol. The van der Waals surface area contributed by atoms with E-state index in [0.717, 1.165) is 22.3 Å². The summed E-state index contributed by atoms with van der Waals surface area (Å²) in [6, 6.07) is 9.72. The lowest BCUT2D eigenvalue weighted by molar-refractivity contribution is -0.117. The third kappa shape index (κ3) is 2.27. The highest BCUT2D eigenvalue weighted by molar-refractivity contribution is 6.03. The number of nitrogens with one attached hydrogen (secondary N) is 1. The molecule has 94 valence electrons. The number of pyridine rings is 1. The molecule has 0 radical (unpaired) electrons. The molecule has 0 unspecified atom stereocenters. The second kappa shape index (κ2) is 4.69. The Morgan fingerprint density at radius 2 is 1.95 bits per heavy atom. The smallest absolute Gasteiger partial charge is 0.235 e. The fourth-order valence-corrected chi connectivity index (χ4v) is 2.23. The number of carbonyl (C=O) groups excluding carboxylic acids is 1. The van der Waals surface area contributed by atoms with Gasteiger partial charge < -0.3 is 5.32 Å². The van der Waals surface area contributed by atoms with Crippen LogP contribution < -0.4 is 5.32 Å². The highest BCUT2D eigenvalue weighted by Gasteiger charge is 2.15. The Hall–Kier alpha value is -2.42. The van der Waals surface area contributed by atoms with Crippen molar-refractivity contribution >= 4 is 22.5 Å². The fourth-order valence-electron chi connectivity index (χ4n) is 2.23. The van der Waals surface area contributed by atoms with E-state index in [2.05, 4.69) is 10.3 Å². The number of carbonyl (C=O) groups is 1. The summed E-state index contributed by atoms with van der Waals surface area (Å²) in [4.78, 5) is 16.6. The third-order valence-corrected chi connectivity index (χ3v) is 3.15. The lowest BCUT2D eigenvalue weighted by Crippen LogP contribution is -2.19. The zero-order valence-electron chi connectivity index (χ0n) is 10.6. The second-order valence-electron chi connectivity index (χ2n) is 4.61. The second-order valence-corrected chi connectivity index (χ2v) is 4.61. The highest BCUT2D eigenvalue weighted by Crippen LogP contribution is 2.24. The van der Waals surface area contributed by atoms with Gasteiger partial charge in [0.15, 0.2) is 0 Å². The van der Waals surface area contributed by atoms with E-state index >= 15 is 0 Å². The van der Waals surface area contributed by atoms with Gasteiger partial charge in [0, 0.05) is 11.1 Å². The van der Waals surface area contributed by atoms with Crippen molar-refractivity contribution in [3.05, 3.63) is 60.3 Å². The van der Waals surface area contributed by atoms with Gasteiger partial charge in [0.2, 0.25) is 5.91 Å². The molecule has 1 heterocycles. The lowest BCUT2D eigenvalue weighted by Gasteiger charge is -2.11. The van der Waals surface area contributed by atoms with Crippen molar-refractivity contribution in [2.24, 2.45) is 5.92 Å². The van der Waals surface area contributed by atoms with E-state index in [1.165, 1.54) is 0 Å². The van der Waals surface area contributed by atoms with E-state index in [9.17, 15) is 4.79 Å². The molecule has 0 saturated carbocycles. The van der Waals surface area contributed by atoms with Gasteiger partial charge in [-0.15, -0.1) is 0 Å². The van der Waals surface area contributed by atoms with E-state index < -0.39 is 0 Å². The SMILES string of the molecule is Cc1cc(NC(=O)C2C=CC=C2)c2ccccc2n1. The van der Waals surface area contributed by atoms with Gasteiger partial charge in [0.25, 0.3) is 0 Å². The van der Waals surface area contributed by atoms with E-state index in [1.807, 2.05) is 61.6 Å². The van der Waals surface area contributed by atoms with Gasteiger partial charge in [0.05, 0.1) is 17.1 Å². The van der Waals surface area contributed by atoms with Gasteiger partial charge in [0.1, 0.15) is 0 Å². The largest absolute Gasteiger partial charge is 0.325 e. The number of benzene rings is 1. The summed E-state index contributed by atoms with van der Waals surface area (Å²) in [5, 5.41) is 3.95.